The number of unbranched alkanes of at least 4 members (excludes halogenated alkanes) is 1. The first-order valence-corrected chi connectivity index (χ1v) is 7.74. The van der Waals surface area contributed by atoms with Crippen molar-refractivity contribution < 1.29 is 0 Å². The van der Waals surface area contributed by atoms with Gasteiger partial charge in [-0.05, 0) is 24.0 Å². The Morgan fingerprint density at radius 2 is 2.15 bits per heavy atom. The molecule has 0 aromatic carbocycles. The van der Waals surface area contributed by atoms with Gasteiger partial charge in [0, 0.05) is 39.6 Å². The number of rotatable bonds is 8. The number of hydrogen-bond donors (Lipinski definition) is 2. The molecule has 0 saturated carbocycles. The van der Waals surface area contributed by atoms with Gasteiger partial charge in [0.05, 0.1) is 0 Å². The maximum atomic E-state index is 4.28. The standard InChI is InChI=1S/C16H30N4/c1-5-7-8-14(6-2)11-18-16(17-3)19-12-15-9-10-20(4)13-15/h9-10,13-14H,5-8,11-12H2,1-4H3,(H2,17,18,19). The Labute approximate surface area is 123 Å². The molecule has 0 aliphatic heterocycles. The first kappa shape index (κ1) is 16.6. The second-order valence-electron chi connectivity index (χ2n) is 5.41. The molecule has 1 atom stereocenters. The van der Waals surface area contributed by atoms with E-state index in [1.165, 1.54) is 31.2 Å². The topological polar surface area (TPSA) is 41.4 Å². The highest BCUT2D eigenvalue weighted by Crippen LogP contribution is 2.11. The number of nitrogens with zero attached hydrogens (tertiary/aromatic N) is 2. The summed E-state index contributed by atoms with van der Waals surface area (Å²) in [6.45, 7) is 6.33. The molecule has 0 spiro atoms. The Balaban J connectivity index is 2.32. The van der Waals surface area contributed by atoms with Crippen LogP contribution >= 0.6 is 0 Å². The molecule has 0 radical (unpaired) electrons. The van der Waals surface area contributed by atoms with Gasteiger partial charge in [-0.2, -0.15) is 0 Å². The van der Waals surface area contributed by atoms with Gasteiger partial charge >= 0.3 is 0 Å². The normalized spacial score (nSPS) is 13.3. The van der Waals surface area contributed by atoms with E-state index in [1.54, 1.807) is 0 Å². The molecule has 1 aromatic heterocycles. The van der Waals surface area contributed by atoms with Gasteiger partial charge in [0.15, 0.2) is 5.96 Å². The van der Waals surface area contributed by atoms with Crippen LogP contribution in [-0.2, 0) is 13.6 Å². The first-order chi connectivity index (χ1) is 9.69. The van der Waals surface area contributed by atoms with Gasteiger partial charge in [0.25, 0.3) is 0 Å². The highest BCUT2D eigenvalue weighted by atomic mass is 15.2. The summed E-state index contributed by atoms with van der Waals surface area (Å²) in [7, 11) is 3.86. The van der Waals surface area contributed by atoms with Crippen LogP contribution in [0, 0.1) is 5.92 Å². The predicted molar refractivity (Wildman–Crippen MR) is 86.9 cm³/mol. The molecule has 0 aliphatic rings. The molecule has 0 fully saturated rings. The van der Waals surface area contributed by atoms with Crippen LogP contribution in [0.4, 0.5) is 0 Å². The van der Waals surface area contributed by atoms with Crippen LogP contribution in [0.25, 0.3) is 0 Å². The summed E-state index contributed by atoms with van der Waals surface area (Å²) in [4.78, 5) is 4.28. The van der Waals surface area contributed by atoms with E-state index in [4.69, 9.17) is 0 Å². The lowest BCUT2D eigenvalue weighted by Crippen LogP contribution is -2.39. The summed E-state index contributed by atoms with van der Waals surface area (Å²) in [5.41, 5.74) is 1.27. The van der Waals surface area contributed by atoms with Gasteiger partial charge in [-0.1, -0.05) is 33.1 Å². The third-order valence-corrected chi connectivity index (χ3v) is 3.68. The smallest absolute Gasteiger partial charge is 0.191 e. The SMILES string of the molecule is CCCCC(CC)CNC(=NC)NCc1ccn(C)c1. The van der Waals surface area contributed by atoms with Crippen molar-refractivity contribution in [2.45, 2.75) is 46.1 Å². The van der Waals surface area contributed by atoms with Crippen LogP contribution in [0.1, 0.15) is 45.1 Å². The van der Waals surface area contributed by atoms with Gasteiger partial charge in [0.1, 0.15) is 0 Å². The molecule has 2 N–H and O–H groups in total. The molecule has 114 valence electrons. The van der Waals surface area contributed by atoms with Crippen molar-refractivity contribution in [1.29, 1.82) is 0 Å². The molecule has 0 amide bonds. The van der Waals surface area contributed by atoms with E-state index in [2.05, 4.69) is 52.5 Å². The van der Waals surface area contributed by atoms with E-state index in [1.807, 2.05) is 14.1 Å². The highest BCUT2D eigenvalue weighted by Gasteiger charge is 2.07. The number of aromatic nitrogens is 1. The third kappa shape index (κ3) is 6.13. The minimum Gasteiger partial charge on any atom is -0.357 e. The summed E-state index contributed by atoms with van der Waals surface area (Å²) < 4.78 is 2.06. The van der Waals surface area contributed by atoms with E-state index in [0.29, 0.717) is 0 Å². The van der Waals surface area contributed by atoms with Crippen LogP contribution < -0.4 is 10.6 Å². The van der Waals surface area contributed by atoms with Gasteiger partial charge in [-0.3, -0.25) is 4.99 Å². The minimum atomic E-state index is 0.741. The lowest BCUT2D eigenvalue weighted by Gasteiger charge is -2.17. The Morgan fingerprint density at radius 1 is 1.35 bits per heavy atom. The Kier molecular flexibility index (Phi) is 7.85. The zero-order chi connectivity index (χ0) is 14.8. The maximum absolute atomic E-state index is 4.28. The average molecular weight is 278 g/mol. The van der Waals surface area contributed by atoms with Gasteiger partial charge in [-0.25, -0.2) is 0 Å². The van der Waals surface area contributed by atoms with Crippen LogP contribution in [0.2, 0.25) is 0 Å². The van der Waals surface area contributed by atoms with Gasteiger partial charge < -0.3 is 15.2 Å². The number of aryl methyl sites for hydroxylation is 1. The number of guanidine groups is 1. The van der Waals surface area contributed by atoms with Crippen molar-refractivity contribution in [3.8, 4) is 0 Å². The number of hydrogen-bond acceptors (Lipinski definition) is 1. The summed E-state index contributed by atoms with van der Waals surface area (Å²) >= 11 is 0. The highest BCUT2D eigenvalue weighted by molar-refractivity contribution is 5.79. The summed E-state index contributed by atoms with van der Waals surface area (Å²) in [5.74, 6) is 1.63. The van der Waals surface area contributed by atoms with Crippen LogP contribution in [0.3, 0.4) is 0 Å². The third-order valence-electron chi connectivity index (χ3n) is 3.68. The number of aliphatic imine (C=N–C) groups is 1. The Bertz CT molecular complexity index is 395. The summed E-state index contributed by atoms with van der Waals surface area (Å²) in [6.07, 6.45) is 9.30. The van der Waals surface area contributed by atoms with Crippen LogP contribution in [0.5, 0.6) is 0 Å². The van der Waals surface area contributed by atoms with Crippen molar-refractivity contribution in [3.63, 3.8) is 0 Å². The van der Waals surface area contributed by atoms with Gasteiger partial charge in [0.2, 0.25) is 0 Å². The molecule has 0 saturated heterocycles. The second kappa shape index (κ2) is 9.45. The fourth-order valence-corrected chi connectivity index (χ4v) is 2.26. The van der Waals surface area contributed by atoms with E-state index in [0.717, 1.165) is 25.0 Å². The van der Waals surface area contributed by atoms with E-state index >= 15 is 0 Å². The lowest BCUT2D eigenvalue weighted by molar-refractivity contribution is 0.443. The fraction of sp³-hybridized carbons (Fsp3) is 0.688. The van der Waals surface area contributed by atoms with Crippen LogP contribution in [-0.4, -0.2) is 24.1 Å². The summed E-state index contributed by atoms with van der Waals surface area (Å²) in [5, 5.41) is 6.80. The number of nitrogens with one attached hydrogen (secondary N) is 2. The van der Waals surface area contributed by atoms with Gasteiger partial charge in [-0.15, -0.1) is 0 Å². The zero-order valence-corrected chi connectivity index (χ0v) is 13.4. The molecule has 1 heterocycles. The van der Waals surface area contributed by atoms with Crippen molar-refractivity contribution in [3.05, 3.63) is 24.0 Å². The van der Waals surface area contributed by atoms with Crippen LogP contribution in [0.15, 0.2) is 23.5 Å². The maximum Gasteiger partial charge on any atom is 0.191 e. The van der Waals surface area contributed by atoms with Crippen molar-refractivity contribution in [2.75, 3.05) is 13.6 Å². The Hall–Kier alpha value is -1.45. The first-order valence-electron chi connectivity index (χ1n) is 7.74. The molecule has 1 unspecified atom stereocenters. The molecule has 0 bridgehead atoms. The zero-order valence-electron chi connectivity index (χ0n) is 13.4. The van der Waals surface area contributed by atoms with E-state index in [-0.39, 0.29) is 0 Å². The quantitative estimate of drug-likeness (QED) is 0.567. The molecule has 1 aromatic rings. The minimum absolute atomic E-state index is 0.741. The molecule has 0 aliphatic carbocycles. The molecule has 1 rings (SSSR count). The van der Waals surface area contributed by atoms with Crippen molar-refractivity contribution in [1.82, 2.24) is 15.2 Å². The molecule has 4 heteroatoms. The lowest BCUT2D eigenvalue weighted by atomic mass is 9.99. The molecular weight excluding hydrogens is 248 g/mol. The predicted octanol–water partition coefficient (Wildman–Crippen LogP) is 2.91. The molecule has 4 nitrogen and oxygen atoms in total. The van der Waals surface area contributed by atoms with E-state index in [9.17, 15) is 0 Å². The van der Waals surface area contributed by atoms with Crippen molar-refractivity contribution in [2.24, 2.45) is 18.0 Å². The Morgan fingerprint density at radius 3 is 2.70 bits per heavy atom. The van der Waals surface area contributed by atoms with E-state index < -0.39 is 0 Å². The monoisotopic (exact) mass is 278 g/mol. The largest absolute Gasteiger partial charge is 0.357 e. The summed E-state index contributed by atoms with van der Waals surface area (Å²) in [6, 6.07) is 2.12. The fourth-order valence-electron chi connectivity index (χ4n) is 2.26. The van der Waals surface area contributed by atoms with Crippen molar-refractivity contribution >= 4 is 5.96 Å². The molecular formula is C16H30N4. The average Bonchev–Trinajstić information content (AvgIpc) is 2.87. The second-order valence-corrected chi connectivity index (χ2v) is 5.41. The molecule has 20 heavy (non-hydrogen) atoms.